The number of ether oxygens (including phenoxy) is 1. The van der Waals surface area contributed by atoms with Crippen LogP contribution in [0, 0.1) is 11.3 Å². The van der Waals surface area contributed by atoms with Crippen LogP contribution < -0.4 is 5.73 Å². The minimum absolute atomic E-state index is 0.0292. The number of nitriles is 1. The molecule has 0 aliphatic carbocycles. The molecular weight excluding hydrogens is 515 g/mol. The first-order valence-electron chi connectivity index (χ1n) is 8.43. The fourth-order valence-electron chi connectivity index (χ4n) is 3.02. The number of aliphatic hydroxyl groups is 2. The van der Waals surface area contributed by atoms with Gasteiger partial charge in [0, 0.05) is 0 Å². The Balaban J connectivity index is 1.80. The van der Waals surface area contributed by atoms with E-state index in [1.165, 1.54) is 12.1 Å². The SMILES string of the molecule is N#C[C@@]1(c2ccc3c(N)ncnn23)OC(COP(=O)(O)OP(=O)(O)OP(=O)(O)O)[C@@H](O)[C@H]1O. The Morgan fingerprint density at radius 3 is 2.45 bits per heavy atom. The fraction of sp³-hybridized carbons (Fsp3) is 0.417. The number of rotatable bonds is 8. The van der Waals surface area contributed by atoms with Crippen LogP contribution in [0.2, 0.25) is 0 Å². The first-order valence-corrected chi connectivity index (χ1v) is 13.0. The van der Waals surface area contributed by atoms with Crippen molar-refractivity contribution in [1.29, 1.82) is 5.26 Å². The molecule has 3 unspecified atom stereocenters. The summed E-state index contributed by atoms with van der Waals surface area (Å²) in [6, 6.07) is 4.42. The topological polar surface area (TPSA) is 290 Å². The first kappa shape index (κ1) is 25.8. The molecule has 2 aromatic heterocycles. The van der Waals surface area contributed by atoms with Crippen LogP contribution in [0.3, 0.4) is 0 Å². The first-order chi connectivity index (χ1) is 15.1. The predicted octanol–water partition coefficient (Wildman–Crippen LogP) is -1.51. The van der Waals surface area contributed by atoms with Crippen molar-refractivity contribution < 1.29 is 61.4 Å². The lowest BCUT2D eigenvalue weighted by Gasteiger charge is -2.24. The van der Waals surface area contributed by atoms with Gasteiger partial charge in [-0.25, -0.2) is 23.2 Å². The van der Waals surface area contributed by atoms with E-state index >= 15 is 0 Å². The van der Waals surface area contributed by atoms with Crippen LogP contribution in [0.4, 0.5) is 5.82 Å². The number of hydrogen-bond donors (Lipinski definition) is 7. The molecule has 182 valence electrons. The Labute approximate surface area is 183 Å². The van der Waals surface area contributed by atoms with Gasteiger partial charge in [-0.2, -0.15) is 19.0 Å². The molecule has 0 radical (unpaired) electrons. The van der Waals surface area contributed by atoms with Crippen molar-refractivity contribution in [2.24, 2.45) is 0 Å². The Bertz CT molecular complexity index is 1240. The number of fused-ring (bicyclic) bond motifs is 1. The van der Waals surface area contributed by atoms with Gasteiger partial charge in [-0.3, -0.25) is 4.52 Å². The van der Waals surface area contributed by atoms with Crippen molar-refractivity contribution in [3.05, 3.63) is 24.2 Å². The zero-order valence-corrected chi connectivity index (χ0v) is 18.6. The van der Waals surface area contributed by atoms with Crippen molar-refractivity contribution in [3.63, 3.8) is 0 Å². The highest BCUT2D eigenvalue weighted by Crippen LogP contribution is 2.66. The van der Waals surface area contributed by atoms with Crippen molar-refractivity contribution in [2.45, 2.75) is 23.9 Å². The van der Waals surface area contributed by atoms with Crippen LogP contribution in [0.15, 0.2) is 18.5 Å². The summed E-state index contributed by atoms with van der Waals surface area (Å²) in [7, 11) is -16.9. The van der Waals surface area contributed by atoms with Gasteiger partial charge in [0.15, 0.2) is 5.82 Å². The van der Waals surface area contributed by atoms with Gasteiger partial charge in [0.1, 0.15) is 36.2 Å². The second-order valence-corrected chi connectivity index (χ2v) is 10.9. The number of aromatic nitrogens is 3. The molecule has 0 amide bonds. The number of nitrogens with zero attached hydrogens (tertiary/aromatic N) is 4. The predicted molar refractivity (Wildman–Crippen MR) is 101 cm³/mol. The van der Waals surface area contributed by atoms with Crippen molar-refractivity contribution in [3.8, 4) is 6.07 Å². The van der Waals surface area contributed by atoms with Gasteiger partial charge < -0.3 is 40.3 Å². The third-order valence-corrected chi connectivity index (χ3v) is 8.11. The molecule has 1 fully saturated rings. The summed E-state index contributed by atoms with van der Waals surface area (Å²) < 4.78 is 52.0. The fourth-order valence-corrected chi connectivity index (χ4v) is 6.05. The maximum atomic E-state index is 11.9. The van der Waals surface area contributed by atoms with Crippen LogP contribution in [0.25, 0.3) is 5.52 Å². The van der Waals surface area contributed by atoms with Gasteiger partial charge in [0.25, 0.3) is 0 Å². The van der Waals surface area contributed by atoms with Gasteiger partial charge in [-0.15, -0.1) is 0 Å². The monoisotopic (exact) mass is 531 g/mol. The molecule has 8 N–H and O–H groups in total. The quantitative estimate of drug-likeness (QED) is 0.191. The van der Waals surface area contributed by atoms with E-state index in [1.807, 2.05) is 0 Å². The van der Waals surface area contributed by atoms with Crippen molar-refractivity contribution in [1.82, 2.24) is 14.6 Å². The minimum Gasteiger partial charge on any atom is -0.387 e. The third-order valence-electron chi connectivity index (χ3n) is 4.30. The van der Waals surface area contributed by atoms with Crippen LogP contribution in [0.1, 0.15) is 5.69 Å². The molecule has 0 saturated carbocycles. The number of phosphoric acid groups is 3. The highest BCUT2D eigenvalue weighted by Gasteiger charge is 2.58. The molecule has 0 spiro atoms. The second-order valence-electron chi connectivity index (χ2n) is 6.49. The maximum Gasteiger partial charge on any atom is 0.490 e. The highest BCUT2D eigenvalue weighted by atomic mass is 31.3. The van der Waals surface area contributed by atoms with E-state index in [-0.39, 0.29) is 17.0 Å². The van der Waals surface area contributed by atoms with Crippen molar-refractivity contribution >= 4 is 34.8 Å². The number of aliphatic hydroxyl groups excluding tert-OH is 2. The zero-order chi connectivity index (χ0) is 24.8. The smallest absolute Gasteiger partial charge is 0.387 e. The van der Waals surface area contributed by atoms with Crippen LogP contribution in [-0.2, 0) is 37.2 Å². The van der Waals surface area contributed by atoms with Crippen LogP contribution in [-0.4, -0.2) is 69.3 Å². The molecule has 1 aliphatic heterocycles. The maximum absolute atomic E-state index is 11.9. The third kappa shape index (κ3) is 5.32. The van der Waals surface area contributed by atoms with E-state index in [4.69, 9.17) is 25.2 Å². The number of phosphoric ester groups is 1. The Morgan fingerprint density at radius 1 is 1.18 bits per heavy atom. The Kier molecular flexibility index (Phi) is 6.86. The number of nitrogen functional groups attached to an aromatic ring is 1. The summed E-state index contributed by atoms with van der Waals surface area (Å²) in [5.74, 6) is 0.0292. The van der Waals surface area contributed by atoms with E-state index in [9.17, 15) is 34.1 Å². The lowest BCUT2D eigenvalue weighted by Crippen LogP contribution is -2.41. The van der Waals surface area contributed by atoms with Crippen LogP contribution >= 0.6 is 23.5 Å². The van der Waals surface area contributed by atoms with Crippen molar-refractivity contribution in [2.75, 3.05) is 12.3 Å². The van der Waals surface area contributed by atoms with E-state index < -0.39 is 54.0 Å². The summed E-state index contributed by atoms with van der Waals surface area (Å²) in [5.41, 5.74) is 3.61. The molecular formula is C12H16N5O13P3. The summed E-state index contributed by atoms with van der Waals surface area (Å²) >= 11 is 0. The van der Waals surface area contributed by atoms with Gasteiger partial charge in [-0.05, 0) is 12.1 Å². The molecule has 33 heavy (non-hydrogen) atoms. The molecule has 6 atom stereocenters. The van der Waals surface area contributed by atoms with Gasteiger partial charge >= 0.3 is 23.5 Å². The number of anilines is 1. The average Bonchev–Trinajstić information content (AvgIpc) is 3.20. The van der Waals surface area contributed by atoms with E-state index in [2.05, 4.69) is 23.2 Å². The molecule has 18 nitrogen and oxygen atoms in total. The van der Waals surface area contributed by atoms with E-state index in [0.717, 1.165) is 10.8 Å². The lowest BCUT2D eigenvalue weighted by atomic mass is 9.92. The molecule has 1 aliphatic rings. The van der Waals surface area contributed by atoms with Gasteiger partial charge in [0.05, 0.1) is 12.3 Å². The summed E-state index contributed by atoms with van der Waals surface area (Å²) in [6.45, 7) is -1.09. The standard InChI is InChI=1S/C12H16N5O13P3/c13-4-12(8-2-1-6-11(14)15-5-16-17(6)8)10(19)9(18)7(28-12)3-27-32(23,24)30-33(25,26)29-31(20,21)22/h1-2,5,7,9-10,18-19H,3H2,(H,23,24)(H,25,26)(H2,14,15,16)(H2,20,21,22)/t7?,9-,10-,12+/m1/s1. The summed E-state index contributed by atoms with van der Waals surface area (Å²) in [5, 5.41) is 34.5. The minimum atomic E-state index is -5.76. The Morgan fingerprint density at radius 2 is 1.85 bits per heavy atom. The normalized spacial score (nSPS) is 29.4. The average molecular weight is 531 g/mol. The Hall–Kier alpha value is -1.80. The second kappa shape index (κ2) is 8.77. The molecule has 3 rings (SSSR count). The number of nitrogens with two attached hydrogens (primary N) is 1. The van der Waals surface area contributed by atoms with E-state index in [0.29, 0.717) is 0 Å². The highest BCUT2D eigenvalue weighted by molar-refractivity contribution is 7.66. The molecule has 0 aromatic carbocycles. The molecule has 1 saturated heterocycles. The number of hydrogen-bond acceptors (Lipinski definition) is 13. The molecule has 21 heteroatoms. The summed E-state index contributed by atoms with van der Waals surface area (Å²) in [4.78, 5) is 39.5. The van der Waals surface area contributed by atoms with E-state index in [1.54, 1.807) is 6.07 Å². The van der Waals surface area contributed by atoms with Gasteiger partial charge in [-0.1, -0.05) is 0 Å². The van der Waals surface area contributed by atoms with Crippen LogP contribution in [0.5, 0.6) is 0 Å². The van der Waals surface area contributed by atoms with Gasteiger partial charge in [0.2, 0.25) is 5.60 Å². The summed E-state index contributed by atoms with van der Waals surface area (Å²) in [6.07, 6.45) is -4.44. The molecule has 3 heterocycles. The largest absolute Gasteiger partial charge is 0.490 e. The zero-order valence-electron chi connectivity index (χ0n) is 15.9. The molecule has 0 bridgehead atoms. The lowest BCUT2D eigenvalue weighted by molar-refractivity contribution is -0.0634. The molecule has 2 aromatic rings.